The molecule has 126 valence electrons. The van der Waals surface area contributed by atoms with Crippen molar-refractivity contribution in [3.63, 3.8) is 0 Å². The number of aromatic nitrogens is 2. The molecule has 2 aromatic heterocycles. The Morgan fingerprint density at radius 2 is 2.12 bits per heavy atom. The van der Waals surface area contributed by atoms with Crippen molar-refractivity contribution in [1.82, 2.24) is 9.97 Å². The number of ether oxygens (including phenoxy) is 2. The number of aliphatic imine (C=N–C) groups is 1. The first-order chi connectivity index (χ1) is 11.8. The van der Waals surface area contributed by atoms with Crippen molar-refractivity contribution in [2.75, 3.05) is 18.5 Å². The normalized spacial score (nSPS) is 15.9. The zero-order chi connectivity index (χ0) is 16.6. The van der Waals surface area contributed by atoms with Crippen molar-refractivity contribution < 1.29 is 9.47 Å². The number of rotatable bonds is 5. The van der Waals surface area contributed by atoms with Gasteiger partial charge in [-0.2, -0.15) is 0 Å². The Labute approximate surface area is 140 Å². The highest BCUT2D eigenvalue weighted by atomic mass is 16.5. The lowest BCUT2D eigenvalue weighted by Crippen LogP contribution is -2.26. The monoisotopic (exact) mass is 327 g/mol. The molecule has 0 unspecified atom stereocenters. The van der Waals surface area contributed by atoms with Gasteiger partial charge in [-0.25, -0.2) is 15.0 Å². The Kier molecular flexibility index (Phi) is 5.57. The number of pyridine rings is 2. The fourth-order valence-corrected chi connectivity index (χ4v) is 2.36. The fourth-order valence-electron chi connectivity index (χ4n) is 2.36. The standard InChI is InChI=1S/C17H21N5O2/c18-17(22-15-3-1-2-7-19-15)21-12-13-4-8-20-16(11-13)24-14-5-9-23-10-6-14/h1-4,7-8,11,14H,5-6,9-10,12H2,(H3,18,19,21,22). The fraction of sp³-hybridized carbons (Fsp3) is 0.353. The summed E-state index contributed by atoms with van der Waals surface area (Å²) in [5.74, 6) is 1.60. The van der Waals surface area contributed by atoms with Crippen LogP contribution in [0.15, 0.2) is 47.7 Å². The first-order valence-electron chi connectivity index (χ1n) is 7.97. The minimum absolute atomic E-state index is 0.167. The van der Waals surface area contributed by atoms with E-state index >= 15 is 0 Å². The van der Waals surface area contributed by atoms with E-state index in [-0.39, 0.29) is 6.10 Å². The summed E-state index contributed by atoms with van der Waals surface area (Å²) < 4.78 is 11.2. The molecule has 1 fully saturated rings. The Morgan fingerprint density at radius 3 is 2.92 bits per heavy atom. The van der Waals surface area contributed by atoms with Gasteiger partial charge in [0.05, 0.1) is 19.8 Å². The first-order valence-corrected chi connectivity index (χ1v) is 7.97. The van der Waals surface area contributed by atoms with Gasteiger partial charge in [0.1, 0.15) is 11.9 Å². The highest BCUT2D eigenvalue weighted by Crippen LogP contribution is 2.17. The molecule has 0 bridgehead atoms. The quantitative estimate of drug-likeness (QED) is 0.644. The molecule has 3 heterocycles. The van der Waals surface area contributed by atoms with Crippen molar-refractivity contribution >= 4 is 11.8 Å². The second kappa shape index (κ2) is 8.26. The van der Waals surface area contributed by atoms with E-state index in [0.717, 1.165) is 31.6 Å². The summed E-state index contributed by atoms with van der Waals surface area (Å²) in [6.07, 6.45) is 5.37. The Balaban J connectivity index is 1.56. The third kappa shape index (κ3) is 4.92. The average Bonchev–Trinajstić information content (AvgIpc) is 2.62. The van der Waals surface area contributed by atoms with E-state index in [1.165, 1.54) is 0 Å². The van der Waals surface area contributed by atoms with Crippen LogP contribution in [0.3, 0.4) is 0 Å². The number of nitrogens with two attached hydrogens (primary N) is 1. The highest BCUT2D eigenvalue weighted by molar-refractivity contribution is 5.91. The lowest BCUT2D eigenvalue weighted by Gasteiger charge is -2.22. The molecule has 0 aromatic carbocycles. The number of guanidine groups is 1. The third-order valence-corrected chi connectivity index (χ3v) is 3.61. The van der Waals surface area contributed by atoms with Crippen LogP contribution in [0.1, 0.15) is 18.4 Å². The highest BCUT2D eigenvalue weighted by Gasteiger charge is 2.15. The Hall–Kier alpha value is -2.67. The lowest BCUT2D eigenvalue weighted by atomic mass is 10.1. The average molecular weight is 327 g/mol. The van der Waals surface area contributed by atoms with Crippen LogP contribution >= 0.6 is 0 Å². The van der Waals surface area contributed by atoms with Gasteiger partial charge < -0.3 is 20.5 Å². The summed E-state index contributed by atoms with van der Waals surface area (Å²) in [4.78, 5) is 12.7. The maximum Gasteiger partial charge on any atom is 0.213 e. The zero-order valence-electron chi connectivity index (χ0n) is 13.4. The number of nitrogens with one attached hydrogen (secondary N) is 1. The third-order valence-electron chi connectivity index (χ3n) is 3.61. The Morgan fingerprint density at radius 1 is 1.25 bits per heavy atom. The van der Waals surface area contributed by atoms with Crippen molar-refractivity contribution in [2.45, 2.75) is 25.5 Å². The minimum atomic E-state index is 0.167. The second-order valence-corrected chi connectivity index (χ2v) is 5.47. The minimum Gasteiger partial charge on any atom is -0.474 e. The number of hydrogen-bond acceptors (Lipinski definition) is 5. The van der Waals surface area contributed by atoms with Gasteiger partial charge in [-0.05, 0) is 23.8 Å². The van der Waals surface area contributed by atoms with Gasteiger partial charge in [0, 0.05) is 31.3 Å². The van der Waals surface area contributed by atoms with Crippen LogP contribution in [0.4, 0.5) is 5.82 Å². The summed E-state index contributed by atoms with van der Waals surface area (Å²) in [5.41, 5.74) is 6.86. The SMILES string of the molecule is NC(=NCc1ccnc(OC2CCOCC2)c1)Nc1ccccn1. The molecule has 0 saturated carbocycles. The molecule has 24 heavy (non-hydrogen) atoms. The molecule has 0 aliphatic carbocycles. The molecule has 0 radical (unpaired) electrons. The second-order valence-electron chi connectivity index (χ2n) is 5.47. The topological polar surface area (TPSA) is 94.7 Å². The van der Waals surface area contributed by atoms with Crippen molar-refractivity contribution in [3.05, 3.63) is 48.3 Å². The smallest absolute Gasteiger partial charge is 0.213 e. The van der Waals surface area contributed by atoms with E-state index in [9.17, 15) is 0 Å². The molecule has 1 aliphatic heterocycles. The molecular formula is C17H21N5O2. The maximum atomic E-state index is 5.90. The predicted molar refractivity (Wildman–Crippen MR) is 91.9 cm³/mol. The molecule has 0 spiro atoms. The summed E-state index contributed by atoms with van der Waals surface area (Å²) >= 11 is 0. The molecule has 0 atom stereocenters. The zero-order valence-corrected chi connectivity index (χ0v) is 13.4. The number of anilines is 1. The summed E-state index contributed by atoms with van der Waals surface area (Å²) in [5, 5.41) is 2.95. The summed E-state index contributed by atoms with van der Waals surface area (Å²) in [7, 11) is 0. The van der Waals surface area contributed by atoms with Crippen molar-refractivity contribution in [1.29, 1.82) is 0 Å². The number of hydrogen-bond donors (Lipinski definition) is 2. The van der Waals surface area contributed by atoms with E-state index in [2.05, 4.69) is 20.3 Å². The first kappa shape index (κ1) is 16.2. The van der Waals surface area contributed by atoms with E-state index in [4.69, 9.17) is 15.2 Å². The molecule has 1 aliphatic rings. The molecule has 7 heteroatoms. The van der Waals surface area contributed by atoms with Crippen LogP contribution in [-0.4, -0.2) is 35.2 Å². The van der Waals surface area contributed by atoms with Gasteiger partial charge >= 0.3 is 0 Å². The van der Waals surface area contributed by atoms with Crippen LogP contribution in [0.5, 0.6) is 5.88 Å². The van der Waals surface area contributed by atoms with Crippen molar-refractivity contribution in [2.24, 2.45) is 10.7 Å². The maximum absolute atomic E-state index is 5.90. The van der Waals surface area contributed by atoms with Crippen LogP contribution in [0, 0.1) is 0 Å². The van der Waals surface area contributed by atoms with Gasteiger partial charge in [0.25, 0.3) is 0 Å². The predicted octanol–water partition coefficient (Wildman–Crippen LogP) is 1.96. The van der Waals surface area contributed by atoms with Crippen LogP contribution < -0.4 is 15.8 Å². The van der Waals surface area contributed by atoms with E-state index in [1.54, 1.807) is 12.4 Å². The van der Waals surface area contributed by atoms with E-state index in [1.807, 2.05) is 30.3 Å². The van der Waals surface area contributed by atoms with Gasteiger partial charge in [-0.15, -0.1) is 0 Å². The van der Waals surface area contributed by atoms with Gasteiger partial charge in [-0.1, -0.05) is 6.07 Å². The molecular weight excluding hydrogens is 306 g/mol. The van der Waals surface area contributed by atoms with Gasteiger partial charge in [-0.3, -0.25) is 0 Å². The molecule has 2 aromatic rings. The molecule has 3 N–H and O–H groups in total. The van der Waals surface area contributed by atoms with E-state index < -0.39 is 0 Å². The molecule has 3 rings (SSSR count). The summed E-state index contributed by atoms with van der Waals surface area (Å²) in [6, 6.07) is 9.34. The summed E-state index contributed by atoms with van der Waals surface area (Å²) in [6.45, 7) is 1.92. The van der Waals surface area contributed by atoms with Crippen LogP contribution in [0.25, 0.3) is 0 Å². The molecule has 0 amide bonds. The van der Waals surface area contributed by atoms with Gasteiger partial charge in [0.15, 0.2) is 5.96 Å². The van der Waals surface area contributed by atoms with Gasteiger partial charge in [0.2, 0.25) is 5.88 Å². The number of nitrogens with zero attached hydrogens (tertiary/aromatic N) is 3. The van der Waals surface area contributed by atoms with Crippen LogP contribution in [-0.2, 0) is 11.3 Å². The Bertz CT molecular complexity index is 672. The molecule has 7 nitrogen and oxygen atoms in total. The van der Waals surface area contributed by atoms with E-state index in [0.29, 0.717) is 24.2 Å². The largest absolute Gasteiger partial charge is 0.474 e. The molecule has 1 saturated heterocycles. The van der Waals surface area contributed by atoms with Crippen molar-refractivity contribution in [3.8, 4) is 5.88 Å². The lowest BCUT2D eigenvalue weighted by molar-refractivity contribution is 0.0237. The van der Waals surface area contributed by atoms with Crippen LogP contribution in [0.2, 0.25) is 0 Å².